The maximum atomic E-state index is 12.4. The number of carbonyl (C=O) groups excluding carboxylic acids is 1. The summed E-state index contributed by atoms with van der Waals surface area (Å²) in [5.41, 5.74) is 1.17. The van der Waals surface area contributed by atoms with E-state index in [1.165, 1.54) is 5.56 Å². The second-order valence-electron chi connectivity index (χ2n) is 6.77. The molecule has 1 heterocycles. The van der Waals surface area contributed by atoms with Crippen LogP contribution in [0.1, 0.15) is 18.0 Å². The Labute approximate surface area is 181 Å². The molecule has 1 N–H and O–H groups in total. The summed E-state index contributed by atoms with van der Waals surface area (Å²) in [6.45, 7) is 3.72. The van der Waals surface area contributed by atoms with Crippen molar-refractivity contribution in [1.29, 1.82) is 0 Å². The van der Waals surface area contributed by atoms with E-state index in [-0.39, 0.29) is 11.9 Å². The Morgan fingerprint density at radius 1 is 1.21 bits per heavy atom. The van der Waals surface area contributed by atoms with Gasteiger partial charge in [0.15, 0.2) is 0 Å². The van der Waals surface area contributed by atoms with Gasteiger partial charge in [-0.15, -0.1) is 11.8 Å². The molecule has 1 amide bonds. The predicted octanol–water partition coefficient (Wildman–Crippen LogP) is 4.02. The van der Waals surface area contributed by atoms with Gasteiger partial charge in [0.1, 0.15) is 5.75 Å². The minimum absolute atomic E-state index is 0.0522. The molecule has 7 heteroatoms. The van der Waals surface area contributed by atoms with Crippen LogP contribution < -0.4 is 10.1 Å². The highest BCUT2D eigenvalue weighted by Crippen LogP contribution is 2.27. The van der Waals surface area contributed by atoms with Gasteiger partial charge in [-0.25, -0.2) is 0 Å². The molecule has 2 aromatic carbocycles. The molecule has 1 unspecified atom stereocenters. The van der Waals surface area contributed by atoms with E-state index in [0.717, 1.165) is 42.0 Å². The molecule has 2 aromatic rings. The highest BCUT2D eigenvalue weighted by molar-refractivity contribution is 7.99. The molecule has 1 fully saturated rings. The summed E-state index contributed by atoms with van der Waals surface area (Å²) in [5.74, 6) is 1.58. The molecule has 5 nitrogen and oxygen atoms in total. The zero-order valence-corrected chi connectivity index (χ0v) is 18.2. The van der Waals surface area contributed by atoms with Crippen LogP contribution in [-0.4, -0.2) is 56.5 Å². The van der Waals surface area contributed by atoms with E-state index in [1.807, 2.05) is 36.4 Å². The maximum Gasteiger partial charge on any atom is 0.220 e. The number of benzene rings is 2. The number of carbonyl (C=O) groups is 1. The number of amides is 1. The van der Waals surface area contributed by atoms with Crippen LogP contribution in [0.5, 0.6) is 5.75 Å². The number of halogens is 1. The Hall–Kier alpha value is -1.73. The van der Waals surface area contributed by atoms with Gasteiger partial charge in [0, 0.05) is 36.7 Å². The number of rotatable bonds is 9. The number of nitrogens with one attached hydrogen (secondary N) is 1. The standard InChI is InChI=1S/C22H27ClN2O3S/c1-27-18-8-6-17(7-9-18)20(25-11-13-28-14-12-25)16-24-22(26)10-15-29-21-5-3-2-4-19(21)23/h2-9,20H,10-16H2,1H3,(H,24,26). The van der Waals surface area contributed by atoms with Crippen molar-refractivity contribution in [3.63, 3.8) is 0 Å². The number of nitrogens with zero attached hydrogens (tertiary/aromatic N) is 1. The lowest BCUT2D eigenvalue weighted by Gasteiger charge is -2.35. The van der Waals surface area contributed by atoms with Gasteiger partial charge in [-0.1, -0.05) is 35.9 Å². The second kappa shape index (κ2) is 11.5. The van der Waals surface area contributed by atoms with E-state index in [2.05, 4.69) is 22.3 Å². The lowest BCUT2D eigenvalue weighted by Crippen LogP contribution is -2.43. The van der Waals surface area contributed by atoms with E-state index in [1.54, 1.807) is 18.9 Å². The molecule has 0 spiro atoms. The normalized spacial score (nSPS) is 15.7. The molecule has 0 bridgehead atoms. The van der Waals surface area contributed by atoms with E-state index in [4.69, 9.17) is 21.1 Å². The highest BCUT2D eigenvalue weighted by atomic mass is 35.5. The number of morpholine rings is 1. The summed E-state index contributed by atoms with van der Waals surface area (Å²) in [4.78, 5) is 15.8. The number of ether oxygens (including phenoxy) is 2. The monoisotopic (exact) mass is 434 g/mol. The fraction of sp³-hybridized carbons (Fsp3) is 0.409. The smallest absolute Gasteiger partial charge is 0.220 e. The van der Waals surface area contributed by atoms with Gasteiger partial charge in [0.2, 0.25) is 5.91 Å². The fourth-order valence-corrected chi connectivity index (χ4v) is 4.47. The topological polar surface area (TPSA) is 50.8 Å². The van der Waals surface area contributed by atoms with Gasteiger partial charge < -0.3 is 14.8 Å². The highest BCUT2D eigenvalue weighted by Gasteiger charge is 2.23. The number of hydrogen-bond donors (Lipinski definition) is 1. The predicted molar refractivity (Wildman–Crippen MR) is 118 cm³/mol. The molecule has 1 saturated heterocycles. The third kappa shape index (κ3) is 6.64. The number of thioether (sulfide) groups is 1. The molecule has 1 aliphatic rings. The van der Waals surface area contributed by atoms with Gasteiger partial charge in [0.25, 0.3) is 0 Å². The van der Waals surface area contributed by atoms with Crippen LogP contribution in [0.25, 0.3) is 0 Å². The van der Waals surface area contributed by atoms with Gasteiger partial charge >= 0.3 is 0 Å². The van der Waals surface area contributed by atoms with Gasteiger partial charge in [0.05, 0.1) is 31.4 Å². The lowest BCUT2D eigenvalue weighted by atomic mass is 10.0. The molecule has 0 saturated carbocycles. The zero-order chi connectivity index (χ0) is 20.5. The average Bonchev–Trinajstić information content (AvgIpc) is 2.76. The number of hydrogen-bond acceptors (Lipinski definition) is 5. The Bertz CT molecular complexity index is 782. The largest absolute Gasteiger partial charge is 0.497 e. The van der Waals surface area contributed by atoms with Crippen molar-refractivity contribution in [2.24, 2.45) is 0 Å². The van der Waals surface area contributed by atoms with Gasteiger partial charge in [-0.05, 0) is 29.8 Å². The van der Waals surface area contributed by atoms with Crippen molar-refractivity contribution < 1.29 is 14.3 Å². The summed E-state index contributed by atoms with van der Waals surface area (Å²) in [7, 11) is 1.66. The third-order valence-corrected chi connectivity index (χ3v) is 6.42. The molecule has 0 aliphatic carbocycles. The minimum Gasteiger partial charge on any atom is -0.497 e. The van der Waals surface area contributed by atoms with Crippen molar-refractivity contribution in [2.75, 3.05) is 45.7 Å². The van der Waals surface area contributed by atoms with Crippen molar-refractivity contribution in [3.05, 3.63) is 59.1 Å². The summed E-state index contributed by atoms with van der Waals surface area (Å²) < 4.78 is 10.8. The van der Waals surface area contributed by atoms with Crippen molar-refractivity contribution in [3.8, 4) is 5.75 Å². The van der Waals surface area contributed by atoms with E-state index >= 15 is 0 Å². The van der Waals surface area contributed by atoms with Crippen LogP contribution in [0.4, 0.5) is 0 Å². The molecule has 3 rings (SSSR count). The van der Waals surface area contributed by atoms with Crippen LogP contribution >= 0.6 is 23.4 Å². The van der Waals surface area contributed by atoms with E-state index < -0.39 is 0 Å². The van der Waals surface area contributed by atoms with Crippen LogP contribution in [-0.2, 0) is 9.53 Å². The molecule has 0 aromatic heterocycles. The van der Waals surface area contributed by atoms with Crippen LogP contribution in [0, 0.1) is 0 Å². The molecule has 1 aliphatic heterocycles. The summed E-state index contributed by atoms with van der Waals surface area (Å²) in [6.07, 6.45) is 0.453. The minimum atomic E-state index is 0.0522. The SMILES string of the molecule is COc1ccc(C(CNC(=O)CCSc2ccccc2Cl)N2CCOCC2)cc1. The Morgan fingerprint density at radius 3 is 2.62 bits per heavy atom. The molecule has 1 atom stereocenters. The van der Waals surface area contributed by atoms with Crippen LogP contribution in [0.2, 0.25) is 5.02 Å². The van der Waals surface area contributed by atoms with Crippen molar-refractivity contribution in [2.45, 2.75) is 17.4 Å². The van der Waals surface area contributed by atoms with Crippen LogP contribution in [0.15, 0.2) is 53.4 Å². The van der Waals surface area contributed by atoms with Crippen molar-refractivity contribution in [1.82, 2.24) is 10.2 Å². The first kappa shape index (κ1) is 22.0. The van der Waals surface area contributed by atoms with Gasteiger partial charge in [-0.3, -0.25) is 9.69 Å². The third-order valence-electron chi connectivity index (χ3n) is 4.90. The molecular weight excluding hydrogens is 408 g/mol. The first-order chi connectivity index (χ1) is 14.2. The summed E-state index contributed by atoms with van der Waals surface area (Å²) >= 11 is 7.78. The Morgan fingerprint density at radius 2 is 1.93 bits per heavy atom. The Balaban J connectivity index is 1.54. The van der Waals surface area contributed by atoms with Crippen LogP contribution in [0.3, 0.4) is 0 Å². The maximum absolute atomic E-state index is 12.4. The average molecular weight is 435 g/mol. The zero-order valence-electron chi connectivity index (χ0n) is 16.6. The molecule has 0 radical (unpaired) electrons. The molecular formula is C22H27ClN2O3S. The van der Waals surface area contributed by atoms with E-state index in [0.29, 0.717) is 18.7 Å². The molecule has 156 valence electrons. The van der Waals surface area contributed by atoms with E-state index in [9.17, 15) is 4.79 Å². The number of methoxy groups -OCH3 is 1. The van der Waals surface area contributed by atoms with Gasteiger partial charge in [-0.2, -0.15) is 0 Å². The Kier molecular flexibility index (Phi) is 8.68. The molecule has 29 heavy (non-hydrogen) atoms. The summed E-state index contributed by atoms with van der Waals surface area (Å²) in [6, 6.07) is 15.9. The lowest BCUT2D eigenvalue weighted by molar-refractivity contribution is -0.121. The first-order valence-electron chi connectivity index (χ1n) is 9.77. The summed E-state index contributed by atoms with van der Waals surface area (Å²) in [5, 5.41) is 3.84. The first-order valence-corrected chi connectivity index (χ1v) is 11.1. The second-order valence-corrected chi connectivity index (χ2v) is 8.31. The van der Waals surface area contributed by atoms with Crippen molar-refractivity contribution >= 4 is 29.3 Å². The fourth-order valence-electron chi connectivity index (χ4n) is 3.29. The quantitative estimate of drug-likeness (QED) is 0.604.